The van der Waals surface area contributed by atoms with Crippen molar-refractivity contribution < 1.29 is 44.9 Å². The summed E-state index contributed by atoms with van der Waals surface area (Å²) in [6.07, 6.45) is -6.96. The van der Waals surface area contributed by atoms with Crippen molar-refractivity contribution in [2.24, 2.45) is 0 Å². The summed E-state index contributed by atoms with van der Waals surface area (Å²) < 4.78 is 72.4. The average Bonchev–Trinajstić information content (AvgIpc) is 2.92. The fourth-order valence-electron chi connectivity index (χ4n) is 3.89. The van der Waals surface area contributed by atoms with E-state index in [9.17, 15) is 27.0 Å². The van der Waals surface area contributed by atoms with E-state index in [0.717, 1.165) is 11.1 Å². The highest BCUT2D eigenvalue weighted by atomic mass is 32.2. The normalized spacial score (nSPS) is 22.9. The van der Waals surface area contributed by atoms with E-state index >= 15 is 0 Å². The Kier molecular flexibility index (Phi) is 9.19. The molecule has 0 radical (unpaired) electrons. The molecule has 1 heterocycles. The zero-order valence-corrected chi connectivity index (χ0v) is 22.9. The van der Waals surface area contributed by atoms with Crippen LogP contribution >= 0.6 is 0 Å². The molecule has 0 amide bonds. The van der Waals surface area contributed by atoms with Gasteiger partial charge in [0, 0.05) is 5.56 Å². The Morgan fingerprint density at radius 2 is 1.28 bits per heavy atom. The van der Waals surface area contributed by atoms with E-state index in [4.69, 9.17) is 17.8 Å². The minimum atomic E-state index is -4.20. The maximum Gasteiger partial charge on any atom is 0.297 e. The summed E-state index contributed by atoms with van der Waals surface area (Å²) in [6, 6.07) is 20.6. The lowest BCUT2D eigenvalue weighted by molar-refractivity contribution is -0.309. The average molecular weight is 579 g/mol. The van der Waals surface area contributed by atoms with Gasteiger partial charge in [0.25, 0.3) is 20.2 Å². The number of hydrogen-bond acceptors (Lipinski definition) is 10. The van der Waals surface area contributed by atoms with Crippen molar-refractivity contribution in [3.8, 4) is 0 Å². The smallest absolute Gasteiger partial charge is 0.297 e. The zero-order chi connectivity index (χ0) is 28.2. The predicted octanol–water partition coefficient (Wildman–Crippen LogP) is 2.62. The molecule has 4 rings (SSSR count). The molecule has 10 nitrogen and oxygen atoms in total. The monoisotopic (exact) mass is 578 g/mol. The number of benzene rings is 3. The van der Waals surface area contributed by atoms with Crippen LogP contribution in [0.4, 0.5) is 0 Å². The third kappa shape index (κ3) is 7.29. The van der Waals surface area contributed by atoms with Crippen LogP contribution < -0.4 is 0 Å². The number of aliphatic hydroxyl groups is 2. The Morgan fingerprint density at radius 3 is 1.82 bits per heavy atom. The maximum atomic E-state index is 12.7. The van der Waals surface area contributed by atoms with E-state index in [0.29, 0.717) is 5.56 Å². The summed E-state index contributed by atoms with van der Waals surface area (Å²) in [5.74, 6) is 0. The van der Waals surface area contributed by atoms with Crippen LogP contribution in [0, 0.1) is 13.8 Å². The topological polar surface area (TPSA) is 146 Å². The summed E-state index contributed by atoms with van der Waals surface area (Å²) in [4.78, 5) is -0.163. The van der Waals surface area contributed by atoms with Gasteiger partial charge in [-0.2, -0.15) is 16.8 Å². The fraction of sp³-hybridized carbons (Fsp3) is 0.333. The van der Waals surface area contributed by atoms with Gasteiger partial charge < -0.3 is 19.7 Å². The molecule has 0 saturated carbocycles. The summed E-state index contributed by atoms with van der Waals surface area (Å²) in [5.41, 5.74) is 2.25. The minimum Gasteiger partial charge on any atom is -0.388 e. The van der Waals surface area contributed by atoms with E-state index in [1.165, 1.54) is 24.3 Å². The lowest BCUT2D eigenvalue weighted by Gasteiger charge is -2.41. The highest BCUT2D eigenvalue weighted by Crippen LogP contribution is 2.32. The van der Waals surface area contributed by atoms with Gasteiger partial charge in [0.15, 0.2) is 6.29 Å². The molecular formula is C27H30O10S2. The molecule has 3 aromatic rings. The van der Waals surface area contributed by atoms with Gasteiger partial charge in [-0.25, -0.2) is 0 Å². The van der Waals surface area contributed by atoms with Gasteiger partial charge in [-0.3, -0.25) is 8.37 Å². The van der Waals surface area contributed by atoms with Crippen molar-refractivity contribution in [2.45, 2.75) is 54.3 Å². The maximum absolute atomic E-state index is 12.7. The summed E-state index contributed by atoms with van der Waals surface area (Å²) >= 11 is 0. The van der Waals surface area contributed by atoms with Crippen molar-refractivity contribution in [2.75, 3.05) is 13.2 Å². The lowest BCUT2D eigenvalue weighted by atomic mass is 10.0. The number of aryl methyl sites for hydroxylation is 2. The quantitative estimate of drug-likeness (QED) is 0.344. The molecule has 39 heavy (non-hydrogen) atoms. The number of ether oxygens (including phenoxy) is 2. The molecule has 3 aromatic carbocycles. The van der Waals surface area contributed by atoms with Gasteiger partial charge in [0.2, 0.25) is 0 Å². The number of aliphatic hydroxyl groups excluding tert-OH is 2. The van der Waals surface area contributed by atoms with Crippen LogP contribution in [-0.4, -0.2) is 64.7 Å². The molecule has 2 N–H and O–H groups in total. The van der Waals surface area contributed by atoms with Crippen molar-refractivity contribution >= 4 is 20.2 Å². The van der Waals surface area contributed by atoms with Gasteiger partial charge in [0.1, 0.15) is 24.4 Å². The largest absolute Gasteiger partial charge is 0.388 e. The van der Waals surface area contributed by atoms with Crippen molar-refractivity contribution in [3.05, 3.63) is 95.6 Å². The predicted molar refractivity (Wildman–Crippen MR) is 140 cm³/mol. The summed E-state index contributed by atoms with van der Waals surface area (Å²) in [7, 11) is -8.38. The van der Waals surface area contributed by atoms with Crippen LogP contribution in [-0.2, 0) is 38.1 Å². The van der Waals surface area contributed by atoms with Crippen LogP contribution in [0.1, 0.15) is 23.0 Å². The lowest BCUT2D eigenvalue weighted by Crippen LogP contribution is -2.55. The molecule has 12 heteroatoms. The first-order valence-corrected chi connectivity index (χ1v) is 14.9. The summed E-state index contributed by atoms with van der Waals surface area (Å²) in [6.45, 7) is 2.30. The first-order chi connectivity index (χ1) is 18.5. The molecular weight excluding hydrogens is 548 g/mol. The minimum absolute atomic E-state index is 0.0689. The molecule has 0 spiro atoms. The molecule has 1 unspecified atom stereocenters. The van der Waals surface area contributed by atoms with E-state index < -0.39 is 64.2 Å². The molecule has 0 aromatic heterocycles. The van der Waals surface area contributed by atoms with Gasteiger partial charge in [-0.15, -0.1) is 0 Å². The first-order valence-electron chi connectivity index (χ1n) is 12.1. The van der Waals surface area contributed by atoms with Gasteiger partial charge in [-0.05, 0) is 38.1 Å². The highest BCUT2D eigenvalue weighted by molar-refractivity contribution is 7.87. The third-order valence-electron chi connectivity index (χ3n) is 6.15. The van der Waals surface area contributed by atoms with Crippen LogP contribution in [0.15, 0.2) is 88.7 Å². The van der Waals surface area contributed by atoms with Gasteiger partial charge >= 0.3 is 0 Å². The number of rotatable bonds is 10. The van der Waals surface area contributed by atoms with E-state index in [1.807, 2.05) is 6.92 Å². The van der Waals surface area contributed by atoms with Gasteiger partial charge in [-0.1, -0.05) is 65.7 Å². The molecule has 1 saturated heterocycles. The Morgan fingerprint density at radius 1 is 0.769 bits per heavy atom. The van der Waals surface area contributed by atoms with Crippen LogP contribution in [0.5, 0.6) is 0 Å². The second-order valence-electron chi connectivity index (χ2n) is 9.18. The highest BCUT2D eigenvalue weighted by Gasteiger charge is 2.44. The fourth-order valence-corrected chi connectivity index (χ4v) is 5.73. The molecule has 1 aliphatic heterocycles. The van der Waals surface area contributed by atoms with Crippen LogP contribution in [0.2, 0.25) is 0 Å². The third-order valence-corrected chi connectivity index (χ3v) is 8.74. The van der Waals surface area contributed by atoms with E-state index in [1.54, 1.807) is 61.5 Å². The standard InChI is InChI=1S/C27H30O10S2/c1-18-8-12-21(13-9-18)38(30,31)34-16-23(28)26-25(29)24(36-27(37-26)20-6-4-3-5-7-20)17-35-39(32,33)22-14-10-19(2)11-15-22/h3-15,23-29H,16-17H2,1-2H3/t23-,24+,25-,26-,27?/m1/s1. The zero-order valence-electron chi connectivity index (χ0n) is 21.3. The van der Waals surface area contributed by atoms with Gasteiger partial charge in [0.05, 0.1) is 23.0 Å². The Hall–Kier alpha value is -2.68. The van der Waals surface area contributed by atoms with Crippen molar-refractivity contribution in [3.63, 3.8) is 0 Å². The second kappa shape index (κ2) is 12.2. The molecule has 0 aliphatic carbocycles. The molecule has 1 aliphatic rings. The van der Waals surface area contributed by atoms with Crippen molar-refractivity contribution in [1.29, 1.82) is 0 Å². The molecule has 210 valence electrons. The molecule has 5 atom stereocenters. The first kappa shape index (κ1) is 29.3. The van der Waals surface area contributed by atoms with Crippen LogP contribution in [0.3, 0.4) is 0 Å². The van der Waals surface area contributed by atoms with Crippen molar-refractivity contribution in [1.82, 2.24) is 0 Å². The Balaban J connectivity index is 1.50. The number of hydrogen-bond donors (Lipinski definition) is 2. The molecule has 0 bridgehead atoms. The second-order valence-corrected chi connectivity index (χ2v) is 12.4. The van der Waals surface area contributed by atoms with Crippen LogP contribution in [0.25, 0.3) is 0 Å². The SMILES string of the molecule is Cc1ccc(S(=O)(=O)OC[C@@H](O)[C@H]2OC(c3ccccc3)O[C@@H](COS(=O)(=O)c3ccc(C)cc3)[C@H]2O)cc1. The summed E-state index contributed by atoms with van der Waals surface area (Å²) in [5, 5.41) is 21.8. The molecule has 1 fully saturated rings. The Bertz CT molecular complexity index is 1440. The Labute approximate surface area is 228 Å². The van der Waals surface area contributed by atoms with E-state index in [-0.39, 0.29) is 9.79 Å². The van der Waals surface area contributed by atoms with E-state index in [2.05, 4.69) is 0 Å².